The summed E-state index contributed by atoms with van der Waals surface area (Å²) in [7, 11) is 0. The second-order valence-corrected chi connectivity index (χ2v) is 8.75. The molecule has 2 N–H and O–H groups in total. The fourth-order valence-electron chi connectivity index (χ4n) is 4.94. The third-order valence-corrected chi connectivity index (χ3v) is 6.94. The van der Waals surface area contributed by atoms with E-state index in [1.54, 1.807) is 12.1 Å². The van der Waals surface area contributed by atoms with Gasteiger partial charge in [0.25, 0.3) is 0 Å². The van der Waals surface area contributed by atoms with E-state index in [1.807, 2.05) is 4.90 Å². The molecule has 1 aromatic rings. The minimum absolute atomic E-state index is 0.0271. The Balaban J connectivity index is 1.33. The molecule has 1 saturated heterocycles. The average molecular weight is 391 g/mol. The average Bonchev–Trinajstić information content (AvgIpc) is 3.12. The van der Waals surface area contributed by atoms with Crippen molar-refractivity contribution >= 4 is 23.4 Å². The predicted octanol–water partition coefficient (Wildman–Crippen LogP) is 3.13. The first-order chi connectivity index (χ1) is 13.0. The quantitative estimate of drug-likeness (QED) is 0.829. The van der Waals surface area contributed by atoms with E-state index in [0.717, 1.165) is 37.8 Å². The van der Waals surface area contributed by atoms with Gasteiger partial charge < -0.3 is 15.3 Å². The number of fused-ring (bicyclic) bond motifs is 1. The Morgan fingerprint density at radius 2 is 2.00 bits per heavy atom. The molecule has 0 unspecified atom stereocenters. The third kappa shape index (κ3) is 3.93. The predicted molar refractivity (Wildman–Crippen MR) is 104 cm³/mol. The van der Waals surface area contributed by atoms with Gasteiger partial charge in [-0.2, -0.15) is 0 Å². The number of aromatic hydroxyl groups is 1. The molecule has 6 heteroatoms. The van der Waals surface area contributed by atoms with E-state index in [2.05, 4.69) is 5.32 Å². The van der Waals surface area contributed by atoms with Crippen LogP contribution in [0.15, 0.2) is 18.2 Å². The largest absolute Gasteiger partial charge is 0.506 e. The van der Waals surface area contributed by atoms with Crippen molar-refractivity contribution in [3.8, 4) is 5.75 Å². The number of rotatable bonds is 4. The number of halogens is 1. The Kier molecular flexibility index (Phi) is 5.31. The van der Waals surface area contributed by atoms with Crippen LogP contribution >= 0.6 is 11.6 Å². The van der Waals surface area contributed by atoms with E-state index in [9.17, 15) is 14.7 Å². The highest BCUT2D eigenvalue weighted by Crippen LogP contribution is 2.46. The monoisotopic (exact) mass is 390 g/mol. The SMILES string of the molecule is O=C(NC1CCCC1)[C@@H]1C[C@H]2CCN(C(=O)Cc3ccc(O)c(Cl)c3)C[C@H]21. The fourth-order valence-corrected chi connectivity index (χ4v) is 5.14. The summed E-state index contributed by atoms with van der Waals surface area (Å²) in [4.78, 5) is 27.2. The summed E-state index contributed by atoms with van der Waals surface area (Å²) >= 11 is 5.94. The van der Waals surface area contributed by atoms with Gasteiger partial charge in [-0.3, -0.25) is 9.59 Å². The number of phenols is 1. The van der Waals surface area contributed by atoms with Crippen molar-refractivity contribution < 1.29 is 14.7 Å². The molecule has 1 aromatic carbocycles. The number of phenolic OH excluding ortho intramolecular Hbond substituents is 1. The van der Waals surface area contributed by atoms with Crippen LogP contribution in [0.3, 0.4) is 0 Å². The maximum absolute atomic E-state index is 12.7. The highest BCUT2D eigenvalue weighted by molar-refractivity contribution is 6.32. The number of carbonyl (C=O) groups excluding carboxylic acids is 2. The Hall–Kier alpha value is -1.75. The zero-order valence-electron chi connectivity index (χ0n) is 15.5. The molecular formula is C21H27ClN2O3. The van der Waals surface area contributed by atoms with Crippen LogP contribution in [0.2, 0.25) is 5.02 Å². The lowest BCUT2D eigenvalue weighted by Crippen LogP contribution is -2.57. The Morgan fingerprint density at radius 1 is 1.22 bits per heavy atom. The van der Waals surface area contributed by atoms with Crippen molar-refractivity contribution in [3.05, 3.63) is 28.8 Å². The Labute approximate surface area is 165 Å². The first-order valence-corrected chi connectivity index (χ1v) is 10.4. The normalized spacial score (nSPS) is 27.7. The summed E-state index contributed by atoms with van der Waals surface area (Å²) in [6, 6.07) is 5.25. The molecule has 1 aliphatic heterocycles. The highest BCUT2D eigenvalue weighted by atomic mass is 35.5. The van der Waals surface area contributed by atoms with Gasteiger partial charge in [0.2, 0.25) is 11.8 Å². The molecule has 27 heavy (non-hydrogen) atoms. The molecule has 0 aromatic heterocycles. The van der Waals surface area contributed by atoms with Crippen LogP contribution in [-0.4, -0.2) is 41.0 Å². The van der Waals surface area contributed by atoms with Gasteiger partial charge in [0.15, 0.2) is 0 Å². The van der Waals surface area contributed by atoms with Crippen LogP contribution in [-0.2, 0) is 16.0 Å². The number of nitrogens with one attached hydrogen (secondary N) is 1. The molecule has 5 nitrogen and oxygen atoms in total. The lowest BCUT2D eigenvalue weighted by molar-refractivity contribution is -0.145. The number of piperidine rings is 1. The number of likely N-dealkylation sites (tertiary alicyclic amines) is 1. The van der Waals surface area contributed by atoms with Gasteiger partial charge in [-0.15, -0.1) is 0 Å². The Morgan fingerprint density at radius 3 is 2.74 bits per heavy atom. The lowest BCUT2D eigenvalue weighted by atomic mass is 9.61. The van der Waals surface area contributed by atoms with Gasteiger partial charge in [-0.05, 0) is 55.2 Å². The molecule has 146 valence electrons. The van der Waals surface area contributed by atoms with Crippen LogP contribution in [0.25, 0.3) is 0 Å². The van der Waals surface area contributed by atoms with Crippen LogP contribution < -0.4 is 5.32 Å². The van der Waals surface area contributed by atoms with E-state index >= 15 is 0 Å². The summed E-state index contributed by atoms with van der Waals surface area (Å²) < 4.78 is 0. The number of amides is 2. The number of benzene rings is 1. The maximum Gasteiger partial charge on any atom is 0.227 e. The Bertz CT molecular complexity index is 732. The van der Waals surface area contributed by atoms with E-state index in [0.29, 0.717) is 24.4 Å². The number of carbonyl (C=O) groups is 2. The second kappa shape index (κ2) is 7.70. The number of hydrogen-bond acceptors (Lipinski definition) is 3. The van der Waals surface area contributed by atoms with Gasteiger partial charge in [-0.1, -0.05) is 30.5 Å². The van der Waals surface area contributed by atoms with E-state index in [4.69, 9.17) is 11.6 Å². The first kappa shape index (κ1) is 18.6. The van der Waals surface area contributed by atoms with Crippen molar-refractivity contribution in [2.45, 2.75) is 51.0 Å². The summed E-state index contributed by atoms with van der Waals surface area (Å²) in [6.07, 6.45) is 6.87. The molecule has 2 aliphatic carbocycles. The summed E-state index contributed by atoms with van der Waals surface area (Å²) in [6.45, 7) is 1.45. The van der Waals surface area contributed by atoms with Crippen molar-refractivity contribution in [1.82, 2.24) is 10.2 Å². The number of hydrogen-bond donors (Lipinski definition) is 2. The third-order valence-electron chi connectivity index (χ3n) is 6.64. The van der Waals surface area contributed by atoms with Crippen LogP contribution in [0.1, 0.15) is 44.1 Å². The van der Waals surface area contributed by atoms with Gasteiger partial charge in [0.05, 0.1) is 11.4 Å². The summed E-state index contributed by atoms with van der Waals surface area (Å²) in [5.41, 5.74) is 0.800. The summed E-state index contributed by atoms with van der Waals surface area (Å²) in [5, 5.41) is 13.0. The minimum atomic E-state index is 0.0271. The molecule has 3 atom stereocenters. The molecule has 1 heterocycles. The standard InChI is InChI=1S/C21H27ClN2O3/c22-18-9-13(5-6-19(18)25)10-20(26)24-8-7-14-11-16(17(14)12-24)21(27)23-15-3-1-2-4-15/h5-6,9,14-17,25H,1-4,7-8,10-12H2,(H,23,27)/t14-,16-,17-/m1/s1. The number of nitrogens with zero attached hydrogens (tertiary/aromatic N) is 1. The molecular weight excluding hydrogens is 364 g/mol. The van der Waals surface area contributed by atoms with Crippen LogP contribution in [0, 0.1) is 17.8 Å². The van der Waals surface area contributed by atoms with Gasteiger partial charge in [0, 0.05) is 25.0 Å². The van der Waals surface area contributed by atoms with E-state index < -0.39 is 0 Å². The van der Waals surface area contributed by atoms with Crippen molar-refractivity contribution in [2.24, 2.45) is 17.8 Å². The van der Waals surface area contributed by atoms with Gasteiger partial charge in [0.1, 0.15) is 5.75 Å². The fraction of sp³-hybridized carbons (Fsp3) is 0.619. The smallest absolute Gasteiger partial charge is 0.227 e. The van der Waals surface area contributed by atoms with Crippen molar-refractivity contribution in [2.75, 3.05) is 13.1 Å². The van der Waals surface area contributed by atoms with Gasteiger partial charge >= 0.3 is 0 Å². The molecule has 4 rings (SSSR count). The minimum Gasteiger partial charge on any atom is -0.506 e. The van der Waals surface area contributed by atoms with Crippen LogP contribution in [0.4, 0.5) is 0 Å². The molecule has 0 spiro atoms. The highest BCUT2D eigenvalue weighted by Gasteiger charge is 2.48. The van der Waals surface area contributed by atoms with E-state index in [-0.39, 0.29) is 34.9 Å². The molecule has 3 fully saturated rings. The molecule has 2 saturated carbocycles. The zero-order chi connectivity index (χ0) is 19.0. The molecule has 3 aliphatic rings. The molecule has 0 bridgehead atoms. The van der Waals surface area contributed by atoms with Crippen LogP contribution in [0.5, 0.6) is 5.75 Å². The lowest BCUT2D eigenvalue weighted by Gasteiger charge is -2.50. The molecule has 2 amide bonds. The van der Waals surface area contributed by atoms with Gasteiger partial charge in [-0.25, -0.2) is 0 Å². The maximum atomic E-state index is 12.7. The summed E-state index contributed by atoms with van der Waals surface area (Å²) in [5.74, 6) is 1.23. The van der Waals surface area contributed by atoms with Crippen molar-refractivity contribution in [1.29, 1.82) is 0 Å². The molecule has 0 radical (unpaired) electrons. The topological polar surface area (TPSA) is 69.6 Å². The zero-order valence-corrected chi connectivity index (χ0v) is 16.3. The second-order valence-electron chi connectivity index (χ2n) is 8.35. The first-order valence-electron chi connectivity index (χ1n) is 10.1. The van der Waals surface area contributed by atoms with Crippen molar-refractivity contribution in [3.63, 3.8) is 0 Å². The van der Waals surface area contributed by atoms with E-state index in [1.165, 1.54) is 18.9 Å².